The first-order valence-corrected chi connectivity index (χ1v) is 6.99. The number of anilines is 1. The molecule has 2 aromatic carbocycles. The van der Waals surface area contributed by atoms with E-state index in [0.29, 0.717) is 6.54 Å². The Morgan fingerprint density at radius 1 is 1.00 bits per heavy atom. The molecule has 0 radical (unpaired) electrons. The zero-order valence-electron chi connectivity index (χ0n) is 11.1. The van der Waals surface area contributed by atoms with Crippen LogP contribution in [0, 0.1) is 0 Å². The Morgan fingerprint density at radius 3 is 2.60 bits per heavy atom. The Hall–Kier alpha value is -2.13. The highest BCUT2D eigenvalue weighted by Gasteiger charge is 2.55. The van der Waals surface area contributed by atoms with Gasteiger partial charge in [-0.05, 0) is 17.2 Å². The maximum absolute atomic E-state index is 12.7. The SMILES string of the molecule is O=C1Nc2ccccc2C12CNCC2c1ccccc1. The Kier molecular flexibility index (Phi) is 2.44. The molecule has 100 valence electrons. The van der Waals surface area contributed by atoms with Gasteiger partial charge in [0, 0.05) is 24.7 Å². The molecule has 2 aliphatic rings. The first-order chi connectivity index (χ1) is 9.82. The van der Waals surface area contributed by atoms with E-state index in [1.165, 1.54) is 5.56 Å². The van der Waals surface area contributed by atoms with Gasteiger partial charge in [-0.3, -0.25) is 4.79 Å². The quantitative estimate of drug-likeness (QED) is 0.829. The summed E-state index contributed by atoms with van der Waals surface area (Å²) in [5.74, 6) is 0.310. The molecule has 20 heavy (non-hydrogen) atoms. The molecule has 0 bridgehead atoms. The number of rotatable bonds is 1. The predicted octanol–water partition coefficient (Wildman–Crippen LogP) is 2.26. The van der Waals surface area contributed by atoms with Crippen LogP contribution < -0.4 is 10.6 Å². The monoisotopic (exact) mass is 264 g/mol. The van der Waals surface area contributed by atoms with Crippen molar-refractivity contribution in [3.8, 4) is 0 Å². The van der Waals surface area contributed by atoms with Crippen molar-refractivity contribution in [3.63, 3.8) is 0 Å². The van der Waals surface area contributed by atoms with Gasteiger partial charge < -0.3 is 10.6 Å². The molecule has 1 spiro atoms. The lowest BCUT2D eigenvalue weighted by Gasteiger charge is -2.28. The van der Waals surface area contributed by atoms with Crippen molar-refractivity contribution in [2.24, 2.45) is 0 Å². The third kappa shape index (κ3) is 1.41. The van der Waals surface area contributed by atoms with Gasteiger partial charge in [-0.2, -0.15) is 0 Å². The molecule has 0 saturated carbocycles. The summed E-state index contributed by atoms with van der Waals surface area (Å²) >= 11 is 0. The number of hydrogen-bond acceptors (Lipinski definition) is 2. The van der Waals surface area contributed by atoms with Gasteiger partial charge in [-0.1, -0.05) is 48.5 Å². The molecular weight excluding hydrogens is 248 g/mol. The van der Waals surface area contributed by atoms with Gasteiger partial charge in [0.05, 0.1) is 5.41 Å². The van der Waals surface area contributed by atoms with Gasteiger partial charge in [-0.25, -0.2) is 0 Å². The Balaban J connectivity index is 1.89. The van der Waals surface area contributed by atoms with Crippen molar-refractivity contribution in [1.29, 1.82) is 0 Å². The summed E-state index contributed by atoms with van der Waals surface area (Å²) in [6, 6.07) is 18.4. The lowest BCUT2D eigenvalue weighted by molar-refractivity contribution is -0.120. The summed E-state index contributed by atoms with van der Waals surface area (Å²) in [4.78, 5) is 12.7. The van der Waals surface area contributed by atoms with Crippen LogP contribution in [0.4, 0.5) is 5.69 Å². The Morgan fingerprint density at radius 2 is 1.75 bits per heavy atom. The van der Waals surface area contributed by atoms with Crippen molar-refractivity contribution in [3.05, 3.63) is 65.7 Å². The molecule has 2 atom stereocenters. The van der Waals surface area contributed by atoms with E-state index in [1.54, 1.807) is 0 Å². The van der Waals surface area contributed by atoms with Crippen molar-refractivity contribution in [2.45, 2.75) is 11.3 Å². The molecular formula is C17H16N2O. The fraction of sp³-hybridized carbons (Fsp3) is 0.235. The fourth-order valence-corrected chi connectivity index (χ4v) is 3.66. The minimum atomic E-state index is -0.460. The second-order valence-corrected chi connectivity index (χ2v) is 5.57. The summed E-state index contributed by atoms with van der Waals surface area (Å²) in [5, 5.41) is 6.47. The molecule has 1 amide bonds. The second-order valence-electron chi connectivity index (χ2n) is 5.57. The molecule has 2 N–H and O–H groups in total. The molecule has 0 aromatic heterocycles. The van der Waals surface area contributed by atoms with Crippen molar-refractivity contribution < 1.29 is 4.79 Å². The van der Waals surface area contributed by atoms with E-state index >= 15 is 0 Å². The first-order valence-electron chi connectivity index (χ1n) is 6.99. The van der Waals surface area contributed by atoms with Gasteiger partial charge >= 0.3 is 0 Å². The van der Waals surface area contributed by atoms with Crippen LogP contribution in [0.15, 0.2) is 54.6 Å². The van der Waals surface area contributed by atoms with Crippen LogP contribution in [0.3, 0.4) is 0 Å². The average Bonchev–Trinajstić information content (AvgIpc) is 3.05. The number of nitrogens with one attached hydrogen (secondary N) is 2. The van der Waals surface area contributed by atoms with Crippen LogP contribution in [0.5, 0.6) is 0 Å². The smallest absolute Gasteiger partial charge is 0.237 e. The third-order valence-electron chi connectivity index (χ3n) is 4.61. The molecule has 3 heteroatoms. The molecule has 0 aliphatic carbocycles. The molecule has 2 aromatic rings. The average molecular weight is 264 g/mol. The molecule has 1 fully saturated rings. The van der Waals surface area contributed by atoms with E-state index in [0.717, 1.165) is 17.8 Å². The van der Waals surface area contributed by atoms with E-state index < -0.39 is 5.41 Å². The Bertz CT molecular complexity index is 668. The Labute approximate surface area is 118 Å². The van der Waals surface area contributed by atoms with Gasteiger partial charge in [0.25, 0.3) is 0 Å². The van der Waals surface area contributed by atoms with Crippen LogP contribution in [-0.4, -0.2) is 19.0 Å². The van der Waals surface area contributed by atoms with E-state index in [1.807, 2.05) is 36.4 Å². The lowest BCUT2D eigenvalue weighted by Crippen LogP contribution is -2.40. The van der Waals surface area contributed by atoms with Gasteiger partial charge in [0.15, 0.2) is 0 Å². The lowest BCUT2D eigenvalue weighted by atomic mass is 9.70. The van der Waals surface area contributed by atoms with Gasteiger partial charge in [0.1, 0.15) is 0 Å². The summed E-state index contributed by atoms with van der Waals surface area (Å²) in [5.41, 5.74) is 2.85. The highest BCUT2D eigenvalue weighted by atomic mass is 16.2. The van der Waals surface area contributed by atoms with Crippen LogP contribution in [-0.2, 0) is 10.2 Å². The second kappa shape index (κ2) is 4.18. The van der Waals surface area contributed by atoms with Crippen LogP contribution >= 0.6 is 0 Å². The molecule has 2 unspecified atom stereocenters. The number of fused-ring (bicyclic) bond motifs is 2. The van der Waals surface area contributed by atoms with E-state index in [-0.39, 0.29) is 11.8 Å². The summed E-state index contributed by atoms with van der Waals surface area (Å²) in [6.07, 6.45) is 0. The van der Waals surface area contributed by atoms with Crippen molar-refractivity contribution >= 4 is 11.6 Å². The first kappa shape index (κ1) is 11.7. The number of para-hydroxylation sites is 1. The minimum Gasteiger partial charge on any atom is -0.325 e. The molecule has 2 heterocycles. The summed E-state index contributed by atoms with van der Waals surface area (Å²) in [6.45, 7) is 1.54. The molecule has 2 aliphatic heterocycles. The molecule has 3 nitrogen and oxygen atoms in total. The zero-order valence-corrected chi connectivity index (χ0v) is 11.1. The molecule has 1 saturated heterocycles. The standard InChI is InChI=1S/C17H16N2O/c20-16-17(13-8-4-5-9-15(13)19-16)11-18-10-14(17)12-6-2-1-3-7-12/h1-9,14,18H,10-11H2,(H,19,20). The fourth-order valence-electron chi connectivity index (χ4n) is 3.66. The third-order valence-corrected chi connectivity index (χ3v) is 4.61. The van der Waals surface area contributed by atoms with Crippen LogP contribution in [0.1, 0.15) is 17.0 Å². The highest BCUT2D eigenvalue weighted by molar-refractivity contribution is 6.07. The van der Waals surface area contributed by atoms with Gasteiger partial charge in [-0.15, -0.1) is 0 Å². The zero-order chi connectivity index (χ0) is 13.6. The number of carbonyl (C=O) groups is 1. The van der Waals surface area contributed by atoms with E-state index in [4.69, 9.17) is 0 Å². The normalized spacial score (nSPS) is 27.6. The number of benzene rings is 2. The summed E-state index contributed by atoms with van der Waals surface area (Å²) in [7, 11) is 0. The van der Waals surface area contributed by atoms with Crippen LogP contribution in [0.25, 0.3) is 0 Å². The largest absolute Gasteiger partial charge is 0.325 e. The van der Waals surface area contributed by atoms with Gasteiger partial charge in [0.2, 0.25) is 5.91 Å². The molecule has 4 rings (SSSR count). The van der Waals surface area contributed by atoms with Crippen LogP contribution in [0.2, 0.25) is 0 Å². The van der Waals surface area contributed by atoms with Crippen molar-refractivity contribution in [2.75, 3.05) is 18.4 Å². The topological polar surface area (TPSA) is 41.1 Å². The maximum Gasteiger partial charge on any atom is 0.237 e. The maximum atomic E-state index is 12.7. The number of amides is 1. The van der Waals surface area contributed by atoms with Crippen molar-refractivity contribution in [1.82, 2.24) is 5.32 Å². The predicted molar refractivity (Wildman–Crippen MR) is 78.8 cm³/mol. The highest BCUT2D eigenvalue weighted by Crippen LogP contribution is 2.48. The number of hydrogen-bond donors (Lipinski definition) is 2. The minimum absolute atomic E-state index is 0.123. The number of carbonyl (C=O) groups excluding carboxylic acids is 1. The van der Waals surface area contributed by atoms with E-state index in [2.05, 4.69) is 28.8 Å². The van der Waals surface area contributed by atoms with E-state index in [9.17, 15) is 4.79 Å². The summed E-state index contributed by atoms with van der Waals surface area (Å²) < 4.78 is 0.